The summed E-state index contributed by atoms with van der Waals surface area (Å²) in [5.74, 6) is 0.611. The Balaban J connectivity index is 0. The van der Waals surface area contributed by atoms with E-state index in [-0.39, 0.29) is 47.6 Å². The average molecular weight is 204 g/mol. The van der Waals surface area contributed by atoms with Gasteiger partial charge in [-0.2, -0.15) is 0 Å². The second-order valence-electron chi connectivity index (χ2n) is 1.70. The van der Waals surface area contributed by atoms with Gasteiger partial charge in [-0.3, -0.25) is 14.6 Å². The zero-order chi connectivity index (χ0) is 8.91. The van der Waals surface area contributed by atoms with Gasteiger partial charge in [-0.15, -0.1) is 0 Å². The Bertz CT molecular complexity index is 202. The SMILES string of the molecule is O=CN(O)C/C=C/P(=O)(O)O.[Na]. The fourth-order valence-electron chi connectivity index (χ4n) is 0.335. The fraction of sp³-hybridized carbons (Fsp3) is 0.250. The van der Waals surface area contributed by atoms with E-state index in [2.05, 4.69) is 0 Å². The first-order valence-electron chi connectivity index (χ1n) is 2.59. The van der Waals surface area contributed by atoms with Crippen molar-refractivity contribution in [3.05, 3.63) is 11.9 Å². The van der Waals surface area contributed by atoms with Crippen LogP contribution in [0.3, 0.4) is 0 Å². The number of rotatable bonds is 4. The Morgan fingerprint density at radius 1 is 1.42 bits per heavy atom. The topological polar surface area (TPSA) is 98.1 Å². The minimum atomic E-state index is -4.17. The van der Waals surface area contributed by atoms with E-state index in [9.17, 15) is 9.36 Å². The van der Waals surface area contributed by atoms with Gasteiger partial charge < -0.3 is 9.79 Å². The molecule has 0 heterocycles. The third-order valence-corrected chi connectivity index (χ3v) is 1.31. The molecule has 1 amide bonds. The van der Waals surface area contributed by atoms with Crippen LogP contribution in [0.4, 0.5) is 0 Å². The number of hydrogen-bond donors (Lipinski definition) is 3. The summed E-state index contributed by atoms with van der Waals surface area (Å²) >= 11 is 0. The normalized spacial score (nSPS) is 10.9. The van der Waals surface area contributed by atoms with E-state index in [1.165, 1.54) is 0 Å². The average Bonchev–Trinajstić information content (AvgIpc) is 1.85. The maximum Gasteiger partial charge on any atom is 0.348 e. The molecule has 65 valence electrons. The maximum atomic E-state index is 10.1. The van der Waals surface area contributed by atoms with Crippen molar-refractivity contribution < 1.29 is 24.4 Å². The summed E-state index contributed by atoms with van der Waals surface area (Å²) in [6.45, 7) is -0.241. The van der Waals surface area contributed by atoms with Gasteiger partial charge in [0.1, 0.15) is 0 Å². The molecule has 1 radical (unpaired) electrons. The van der Waals surface area contributed by atoms with Crippen molar-refractivity contribution in [2.75, 3.05) is 6.54 Å². The molecule has 8 heteroatoms. The molecule has 6 nitrogen and oxygen atoms in total. The molecule has 0 bridgehead atoms. The molecule has 12 heavy (non-hydrogen) atoms. The first-order valence-corrected chi connectivity index (χ1v) is 4.27. The summed E-state index contributed by atoms with van der Waals surface area (Å²) in [5, 5.41) is 8.67. The predicted molar refractivity (Wildman–Crippen MR) is 41.5 cm³/mol. The second kappa shape index (κ2) is 6.80. The number of carbonyl (C=O) groups excluding carboxylic acids is 1. The predicted octanol–water partition coefficient (Wildman–Crippen LogP) is -0.855. The maximum absolute atomic E-state index is 10.1. The van der Waals surface area contributed by atoms with Gasteiger partial charge >= 0.3 is 7.60 Å². The zero-order valence-electron chi connectivity index (χ0n) is 6.49. The van der Waals surface area contributed by atoms with Crippen molar-refractivity contribution >= 4 is 43.6 Å². The van der Waals surface area contributed by atoms with E-state index in [1.54, 1.807) is 0 Å². The van der Waals surface area contributed by atoms with Crippen molar-refractivity contribution in [3.63, 3.8) is 0 Å². The van der Waals surface area contributed by atoms with Gasteiger partial charge in [0.15, 0.2) is 0 Å². The Morgan fingerprint density at radius 3 is 2.25 bits per heavy atom. The van der Waals surface area contributed by atoms with Crippen molar-refractivity contribution in [1.82, 2.24) is 5.06 Å². The minimum Gasteiger partial charge on any atom is -0.321 e. The molecule has 0 saturated carbocycles. The van der Waals surface area contributed by atoms with E-state index in [4.69, 9.17) is 15.0 Å². The van der Waals surface area contributed by atoms with Crippen LogP contribution in [0.2, 0.25) is 0 Å². The Hall–Kier alpha value is 0.320. The van der Waals surface area contributed by atoms with Gasteiger partial charge in [0.25, 0.3) is 0 Å². The summed E-state index contributed by atoms with van der Waals surface area (Å²) in [4.78, 5) is 26.2. The van der Waals surface area contributed by atoms with Gasteiger partial charge in [0, 0.05) is 35.4 Å². The molecule has 3 N–H and O–H groups in total. The van der Waals surface area contributed by atoms with Crippen LogP contribution in [0.15, 0.2) is 11.9 Å². The first-order chi connectivity index (χ1) is 4.95. The van der Waals surface area contributed by atoms with Crippen LogP contribution in [0, 0.1) is 0 Å². The molecule has 0 aromatic rings. The summed E-state index contributed by atoms with van der Waals surface area (Å²) in [6, 6.07) is 0. The van der Waals surface area contributed by atoms with E-state index >= 15 is 0 Å². The van der Waals surface area contributed by atoms with Crippen LogP contribution in [-0.4, -0.2) is 62.6 Å². The molecule has 0 aliphatic carbocycles. The van der Waals surface area contributed by atoms with Crippen molar-refractivity contribution in [2.45, 2.75) is 0 Å². The number of hydrogen-bond acceptors (Lipinski definition) is 3. The third kappa shape index (κ3) is 10.3. The van der Waals surface area contributed by atoms with Crippen LogP contribution in [0.25, 0.3) is 0 Å². The largest absolute Gasteiger partial charge is 0.348 e. The van der Waals surface area contributed by atoms with Crippen LogP contribution >= 0.6 is 7.60 Å². The molecule has 0 aromatic carbocycles. The Morgan fingerprint density at radius 2 is 1.92 bits per heavy atom. The summed E-state index contributed by atoms with van der Waals surface area (Å²) in [5.41, 5.74) is 0. The van der Waals surface area contributed by atoms with E-state index < -0.39 is 7.60 Å². The molecule has 0 spiro atoms. The van der Waals surface area contributed by atoms with Crippen LogP contribution in [0.5, 0.6) is 0 Å². The monoisotopic (exact) mass is 204 g/mol. The van der Waals surface area contributed by atoms with Gasteiger partial charge in [0.05, 0.1) is 6.54 Å². The third-order valence-electron chi connectivity index (χ3n) is 0.714. The van der Waals surface area contributed by atoms with Crippen LogP contribution < -0.4 is 0 Å². The molecule has 0 saturated heterocycles. The molecule has 0 aliphatic heterocycles. The minimum absolute atomic E-state index is 0. The van der Waals surface area contributed by atoms with Crippen LogP contribution in [-0.2, 0) is 9.36 Å². The Kier molecular flexibility index (Phi) is 8.39. The summed E-state index contributed by atoms with van der Waals surface area (Å²) < 4.78 is 10.1. The van der Waals surface area contributed by atoms with E-state index in [0.29, 0.717) is 5.82 Å². The summed E-state index contributed by atoms with van der Waals surface area (Å²) in [6.07, 6.45) is 1.12. The molecule has 0 aliphatic rings. The number of hydroxylamine groups is 2. The first kappa shape index (κ1) is 14.8. The van der Waals surface area contributed by atoms with Gasteiger partial charge in [0.2, 0.25) is 6.41 Å². The molecular weight excluding hydrogens is 196 g/mol. The second-order valence-corrected chi connectivity index (χ2v) is 3.18. The summed E-state index contributed by atoms with van der Waals surface area (Å²) in [7, 11) is -4.17. The van der Waals surface area contributed by atoms with E-state index in [0.717, 1.165) is 6.08 Å². The molecule has 0 atom stereocenters. The quantitative estimate of drug-likeness (QED) is 0.182. The smallest absolute Gasteiger partial charge is 0.321 e. The molecule has 0 unspecified atom stereocenters. The van der Waals surface area contributed by atoms with E-state index in [1.807, 2.05) is 0 Å². The Labute approximate surface area is 91.3 Å². The number of nitrogens with zero attached hydrogens (tertiary/aromatic N) is 1. The molecule has 0 rings (SSSR count). The number of carbonyl (C=O) groups is 1. The molecule has 0 fully saturated rings. The fourth-order valence-corrected chi connectivity index (χ4v) is 0.704. The molecule has 0 aromatic heterocycles. The van der Waals surface area contributed by atoms with Gasteiger partial charge in [-0.05, 0) is 0 Å². The standard InChI is InChI=1S/C4H8NO5P.Na/c6-4-5(7)2-1-3-11(8,9)10;/h1,3-4,7H,2H2,(H2,8,9,10);/b3-1+;. The number of amides is 1. The zero-order valence-corrected chi connectivity index (χ0v) is 9.39. The van der Waals surface area contributed by atoms with Gasteiger partial charge in [-0.1, -0.05) is 6.08 Å². The van der Waals surface area contributed by atoms with Gasteiger partial charge in [-0.25, -0.2) is 5.06 Å². The molecular formula is C4H8NNaO5P. The van der Waals surface area contributed by atoms with Crippen molar-refractivity contribution in [2.24, 2.45) is 0 Å². The van der Waals surface area contributed by atoms with Crippen molar-refractivity contribution in [1.29, 1.82) is 0 Å². The van der Waals surface area contributed by atoms with Crippen molar-refractivity contribution in [3.8, 4) is 0 Å². The van der Waals surface area contributed by atoms with Crippen LogP contribution in [0.1, 0.15) is 0 Å².